The smallest absolute Gasteiger partial charge is 0.202 e. The van der Waals surface area contributed by atoms with Crippen LogP contribution < -0.4 is 0 Å². The molecule has 0 amide bonds. The summed E-state index contributed by atoms with van der Waals surface area (Å²) < 4.78 is 1.62. The van der Waals surface area contributed by atoms with Crippen molar-refractivity contribution in [3.05, 3.63) is 48.7 Å². The van der Waals surface area contributed by atoms with E-state index in [1.807, 2.05) is 24.4 Å². The lowest BCUT2D eigenvalue weighted by Gasteiger charge is -2.01. The first kappa shape index (κ1) is 12.8. The maximum Gasteiger partial charge on any atom is 0.202 e. The molecule has 2 heterocycles. The minimum atomic E-state index is 0.831. The van der Waals surface area contributed by atoms with Crippen LogP contribution in [-0.2, 0) is 6.42 Å². The van der Waals surface area contributed by atoms with Gasteiger partial charge < -0.3 is 0 Å². The molecule has 3 rings (SSSR count). The molecule has 0 atom stereocenters. The fourth-order valence-corrected chi connectivity index (χ4v) is 2.24. The lowest BCUT2D eigenvalue weighted by molar-refractivity contribution is 0.687. The average molecular weight is 265 g/mol. The van der Waals surface area contributed by atoms with E-state index in [4.69, 9.17) is 0 Å². The van der Waals surface area contributed by atoms with Crippen molar-refractivity contribution in [2.45, 2.75) is 32.6 Å². The van der Waals surface area contributed by atoms with Gasteiger partial charge in [0.05, 0.1) is 6.20 Å². The van der Waals surface area contributed by atoms with Crippen LogP contribution in [0.15, 0.2) is 36.5 Å². The summed E-state index contributed by atoms with van der Waals surface area (Å²) in [4.78, 5) is 8.89. The second-order valence-electron chi connectivity index (χ2n) is 4.86. The van der Waals surface area contributed by atoms with Gasteiger partial charge in [0.15, 0.2) is 5.65 Å². The summed E-state index contributed by atoms with van der Waals surface area (Å²) in [6.45, 7) is 2.20. The standard InChI is InChI=1S/C16H17N4/c1-2-3-5-10-15-17-12-20-16(19-15)14(11-18-20)13-8-6-4-7-9-13/h4,6-9,11H,2-3,5,10H2,1H3. The van der Waals surface area contributed by atoms with E-state index in [0.717, 1.165) is 35.4 Å². The van der Waals surface area contributed by atoms with Gasteiger partial charge in [-0.05, 0) is 12.0 Å². The Bertz CT molecular complexity index is 688. The SMILES string of the molecule is CCCCCc1n[c]n2ncc(-c3ccccc3)c2n1. The lowest BCUT2D eigenvalue weighted by atomic mass is 10.1. The normalized spacial score (nSPS) is 11.1. The van der Waals surface area contributed by atoms with Gasteiger partial charge in [-0.1, -0.05) is 50.1 Å². The first-order chi connectivity index (χ1) is 9.88. The van der Waals surface area contributed by atoms with Gasteiger partial charge in [0.1, 0.15) is 5.82 Å². The number of benzene rings is 1. The van der Waals surface area contributed by atoms with Crippen molar-refractivity contribution in [2.75, 3.05) is 0 Å². The molecule has 0 saturated carbocycles. The number of nitrogens with zero attached hydrogens (tertiary/aromatic N) is 4. The molecule has 1 aromatic carbocycles. The zero-order valence-electron chi connectivity index (χ0n) is 11.6. The predicted octanol–water partition coefficient (Wildman–Crippen LogP) is 3.32. The highest BCUT2D eigenvalue weighted by Crippen LogP contribution is 2.22. The Kier molecular flexibility index (Phi) is 3.72. The molecular weight excluding hydrogens is 248 g/mol. The Morgan fingerprint density at radius 1 is 1.15 bits per heavy atom. The molecule has 0 aliphatic rings. The molecule has 2 aromatic heterocycles. The van der Waals surface area contributed by atoms with Gasteiger partial charge in [-0.25, -0.2) is 9.97 Å². The summed E-state index contributed by atoms with van der Waals surface area (Å²) in [6.07, 6.45) is 9.19. The summed E-state index contributed by atoms with van der Waals surface area (Å²) in [6, 6.07) is 10.2. The van der Waals surface area contributed by atoms with Crippen LogP contribution in [0.3, 0.4) is 0 Å². The maximum atomic E-state index is 4.64. The molecule has 3 aromatic rings. The number of aryl methyl sites for hydroxylation is 1. The van der Waals surface area contributed by atoms with Crippen LogP contribution in [-0.4, -0.2) is 19.6 Å². The number of hydrogen-bond acceptors (Lipinski definition) is 3. The van der Waals surface area contributed by atoms with Gasteiger partial charge >= 0.3 is 0 Å². The molecule has 0 aliphatic heterocycles. The Hall–Kier alpha value is -2.23. The molecule has 0 N–H and O–H groups in total. The zero-order chi connectivity index (χ0) is 13.8. The maximum absolute atomic E-state index is 4.64. The van der Waals surface area contributed by atoms with Crippen molar-refractivity contribution in [3.8, 4) is 11.1 Å². The van der Waals surface area contributed by atoms with Gasteiger partial charge in [-0.2, -0.15) is 9.61 Å². The van der Waals surface area contributed by atoms with Crippen molar-refractivity contribution < 1.29 is 0 Å². The Morgan fingerprint density at radius 3 is 2.80 bits per heavy atom. The molecular formula is C16H17N4. The third-order valence-electron chi connectivity index (χ3n) is 3.34. The van der Waals surface area contributed by atoms with E-state index in [-0.39, 0.29) is 0 Å². The number of rotatable bonds is 5. The van der Waals surface area contributed by atoms with Gasteiger partial charge in [0.25, 0.3) is 0 Å². The molecule has 0 saturated heterocycles. The van der Waals surface area contributed by atoms with Crippen molar-refractivity contribution >= 4 is 5.65 Å². The van der Waals surface area contributed by atoms with Crippen molar-refractivity contribution in [1.82, 2.24) is 19.6 Å². The van der Waals surface area contributed by atoms with Crippen LogP contribution in [0.25, 0.3) is 16.8 Å². The average Bonchev–Trinajstić information content (AvgIpc) is 2.91. The monoisotopic (exact) mass is 265 g/mol. The van der Waals surface area contributed by atoms with Crippen LogP contribution in [0, 0.1) is 6.33 Å². The Balaban J connectivity index is 1.96. The molecule has 0 bridgehead atoms. The second kappa shape index (κ2) is 5.82. The van der Waals surface area contributed by atoms with E-state index in [9.17, 15) is 0 Å². The van der Waals surface area contributed by atoms with E-state index in [1.54, 1.807) is 4.52 Å². The highest BCUT2D eigenvalue weighted by Gasteiger charge is 2.09. The van der Waals surface area contributed by atoms with Crippen molar-refractivity contribution in [1.29, 1.82) is 0 Å². The fourth-order valence-electron chi connectivity index (χ4n) is 2.24. The first-order valence-corrected chi connectivity index (χ1v) is 7.06. The number of aromatic nitrogens is 4. The van der Waals surface area contributed by atoms with E-state index < -0.39 is 0 Å². The zero-order valence-corrected chi connectivity index (χ0v) is 11.6. The van der Waals surface area contributed by atoms with Crippen LogP contribution in [0.5, 0.6) is 0 Å². The molecule has 20 heavy (non-hydrogen) atoms. The van der Waals surface area contributed by atoms with Crippen LogP contribution >= 0.6 is 0 Å². The Morgan fingerprint density at radius 2 is 2.00 bits per heavy atom. The minimum Gasteiger partial charge on any atom is -0.213 e. The van der Waals surface area contributed by atoms with Crippen LogP contribution in [0.4, 0.5) is 0 Å². The van der Waals surface area contributed by atoms with Gasteiger partial charge in [0, 0.05) is 12.0 Å². The number of hydrogen-bond donors (Lipinski definition) is 0. The van der Waals surface area contributed by atoms with Crippen molar-refractivity contribution in [3.63, 3.8) is 0 Å². The molecule has 0 aliphatic carbocycles. The van der Waals surface area contributed by atoms with Gasteiger partial charge in [-0.3, -0.25) is 0 Å². The lowest BCUT2D eigenvalue weighted by Crippen LogP contribution is -2.00. The first-order valence-electron chi connectivity index (χ1n) is 7.06. The number of fused-ring (bicyclic) bond motifs is 1. The number of unbranched alkanes of at least 4 members (excludes halogenated alkanes) is 2. The topological polar surface area (TPSA) is 43.1 Å². The van der Waals surface area contributed by atoms with E-state index in [1.165, 1.54) is 12.8 Å². The van der Waals surface area contributed by atoms with Crippen LogP contribution in [0.1, 0.15) is 32.0 Å². The molecule has 1 radical (unpaired) electrons. The fraction of sp³-hybridized carbons (Fsp3) is 0.312. The molecule has 4 nitrogen and oxygen atoms in total. The third kappa shape index (κ3) is 2.54. The molecule has 0 unspecified atom stereocenters. The highest BCUT2D eigenvalue weighted by atomic mass is 15.3. The summed E-state index contributed by atoms with van der Waals surface area (Å²) in [5.74, 6) is 0.851. The molecule has 0 fully saturated rings. The second-order valence-corrected chi connectivity index (χ2v) is 4.86. The van der Waals surface area contributed by atoms with E-state index in [0.29, 0.717) is 0 Å². The molecule has 0 spiro atoms. The molecule has 4 heteroatoms. The van der Waals surface area contributed by atoms with Gasteiger partial charge in [0.2, 0.25) is 6.33 Å². The van der Waals surface area contributed by atoms with Gasteiger partial charge in [-0.15, -0.1) is 0 Å². The highest BCUT2D eigenvalue weighted by molar-refractivity contribution is 5.76. The largest absolute Gasteiger partial charge is 0.213 e. The summed E-state index contributed by atoms with van der Waals surface area (Å²) in [5, 5.41) is 4.27. The summed E-state index contributed by atoms with van der Waals surface area (Å²) in [7, 11) is 0. The molecule has 101 valence electrons. The van der Waals surface area contributed by atoms with E-state index >= 15 is 0 Å². The van der Waals surface area contributed by atoms with Crippen LogP contribution in [0.2, 0.25) is 0 Å². The van der Waals surface area contributed by atoms with E-state index in [2.05, 4.69) is 40.5 Å². The quantitative estimate of drug-likeness (QED) is 0.665. The summed E-state index contributed by atoms with van der Waals surface area (Å²) >= 11 is 0. The third-order valence-corrected chi connectivity index (χ3v) is 3.34. The minimum absolute atomic E-state index is 0.831. The predicted molar refractivity (Wildman–Crippen MR) is 78.3 cm³/mol. The Labute approximate surface area is 118 Å². The summed E-state index contributed by atoms with van der Waals surface area (Å²) in [5.41, 5.74) is 2.98. The van der Waals surface area contributed by atoms with Crippen molar-refractivity contribution in [2.24, 2.45) is 0 Å².